The van der Waals surface area contributed by atoms with E-state index in [2.05, 4.69) is 0 Å². The monoisotopic (exact) mass is 318 g/mol. The molecule has 0 aliphatic carbocycles. The molecule has 0 radical (unpaired) electrons. The zero-order chi connectivity index (χ0) is 16.7. The van der Waals surface area contributed by atoms with Gasteiger partial charge in [-0.05, 0) is 12.1 Å². The molecule has 2 atom stereocenters. The number of ketones is 1. The summed E-state index contributed by atoms with van der Waals surface area (Å²) in [4.78, 5) is 12.4. The summed E-state index contributed by atoms with van der Waals surface area (Å²) in [6, 6.07) is 6.13. The summed E-state index contributed by atoms with van der Waals surface area (Å²) >= 11 is 0. The second-order valence-electron chi connectivity index (χ2n) is 5.15. The van der Waals surface area contributed by atoms with E-state index in [1.165, 1.54) is 31.4 Å². The number of fused-ring (bicyclic) bond motifs is 1. The van der Waals surface area contributed by atoms with Crippen LogP contribution < -0.4 is 9.47 Å². The lowest BCUT2D eigenvalue weighted by Gasteiger charge is -2.30. The first-order valence-electron chi connectivity index (χ1n) is 6.73. The van der Waals surface area contributed by atoms with Gasteiger partial charge in [-0.15, -0.1) is 0 Å². The van der Waals surface area contributed by atoms with Crippen LogP contribution in [0.1, 0.15) is 22.0 Å². The van der Waals surface area contributed by atoms with E-state index in [1.54, 1.807) is 0 Å². The van der Waals surface area contributed by atoms with Crippen molar-refractivity contribution < 1.29 is 34.7 Å². The van der Waals surface area contributed by atoms with Crippen molar-refractivity contribution in [3.05, 3.63) is 41.5 Å². The molecule has 0 amide bonds. The van der Waals surface area contributed by atoms with Crippen LogP contribution in [0.3, 0.4) is 0 Å². The van der Waals surface area contributed by atoms with Crippen LogP contribution in [0.25, 0.3) is 0 Å². The Hall–Kier alpha value is -2.93. The summed E-state index contributed by atoms with van der Waals surface area (Å²) in [6.07, 6.45) is -2.69. The van der Waals surface area contributed by atoms with Crippen molar-refractivity contribution in [1.29, 1.82) is 0 Å². The highest BCUT2D eigenvalue weighted by atomic mass is 16.5. The van der Waals surface area contributed by atoms with Crippen LogP contribution in [0.4, 0.5) is 0 Å². The number of carbonyl (C=O) groups excluding carboxylic acids is 1. The van der Waals surface area contributed by atoms with Gasteiger partial charge in [0.1, 0.15) is 34.3 Å². The zero-order valence-electron chi connectivity index (χ0n) is 12.1. The Bertz CT molecular complexity index is 764. The van der Waals surface area contributed by atoms with E-state index in [1.807, 2.05) is 0 Å². The van der Waals surface area contributed by atoms with Gasteiger partial charge in [0.2, 0.25) is 5.78 Å². The molecule has 23 heavy (non-hydrogen) atoms. The van der Waals surface area contributed by atoms with Gasteiger partial charge in [0.05, 0.1) is 7.11 Å². The van der Waals surface area contributed by atoms with Crippen LogP contribution in [0.5, 0.6) is 28.7 Å². The lowest BCUT2D eigenvalue weighted by atomic mass is 9.92. The molecule has 0 saturated heterocycles. The topological polar surface area (TPSA) is 116 Å². The van der Waals surface area contributed by atoms with Gasteiger partial charge in [-0.2, -0.15) is 0 Å². The van der Waals surface area contributed by atoms with Gasteiger partial charge in [0.15, 0.2) is 12.2 Å². The molecule has 120 valence electrons. The molecule has 0 aromatic heterocycles. The number of aliphatic hydroxyl groups excluding tert-OH is 1. The molecule has 0 saturated carbocycles. The molecule has 0 fully saturated rings. The molecular formula is C16H14O7. The minimum absolute atomic E-state index is 0.0263. The Morgan fingerprint density at radius 1 is 1.00 bits per heavy atom. The molecule has 7 nitrogen and oxygen atoms in total. The number of methoxy groups -OCH3 is 1. The lowest BCUT2D eigenvalue weighted by Crippen LogP contribution is -2.36. The highest BCUT2D eigenvalue weighted by Crippen LogP contribution is 2.43. The number of ether oxygens (including phenoxy) is 2. The van der Waals surface area contributed by atoms with E-state index < -0.39 is 18.0 Å². The maximum atomic E-state index is 12.4. The van der Waals surface area contributed by atoms with E-state index in [9.17, 15) is 25.2 Å². The fourth-order valence-electron chi connectivity index (χ4n) is 2.59. The predicted octanol–water partition coefficient (Wildman–Crippen LogP) is 1.49. The van der Waals surface area contributed by atoms with Crippen molar-refractivity contribution in [2.45, 2.75) is 12.2 Å². The lowest BCUT2D eigenvalue weighted by molar-refractivity contribution is 0.0209. The summed E-state index contributed by atoms with van der Waals surface area (Å²) in [6.45, 7) is 0. The molecule has 7 heteroatoms. The molecule has 1 heterocycles. The number of hydrogen-bond acceptors (Lipinski definition) is 7. The fourth-order valence-corrected chi connectivity index (χ4v) is 2.59. The number of phenols is 3. The maximum Gasteiger partial charge on any atom is 0.202 e. The van der Waals surface area contributed by atoms with Crippen molar-refractivity contribution in [3.8, 4) is 28.7 Å². The Kier molecular flexibility index (Phi) is 3.49. The number of benzene rings is 2. The van der Waals surface area contributed by atoms with E-state index in [0.29, 0.717) is 0 Å². The standard InChI is InChI=1S/C16H14O7/c1-22-11-5-10(19)6-12-13(11)14(20)15(21)16(23-12)7-2-8(17)4-9(18)3-7/h2-6,15-19,21H,1H3. The van der Waals surface area contributed by atoms with Crippen molar-refractivity contribution in [1.82, 2.24) is 0 Å². The third-order valence-corrected chi connectivity index (χ3v) is 3.58. The highest BCUT2D eigenvalue weighted by molar-refractivity contribution is 6.05. The zero-order valence-corrected chi connectivity index (χ0v) is 12.1. The van der Waals surface area contributed by atoms with Crippen molar-refractivity contribution in [2.24, 2.45) is 0 Å². The second kappa shape index (κ2) is 5.36. The average molecular weight is 318 g/mol. The van der Waals surface area contributed by atoms with Gasteiger partial charge >= 0.3 is 0 Å². The molecule has 2 aromatic rings. The van der Waals surface area contributed by atoms with Crippen LogP contribution in [-0.2, 0) is 0 Å². The maximum absolute atomic E-state index is 12.4. The molecule has 2 aromatic carbocycles. The van der Waals surface area contributed by atoms with Crippen LogP contribution in [-0.4, -0.2) is 39.4 Å². The molecule has 0 spiro atoms. The van der Waals surface area contributed by atoms with E-state index in [-0.39, 0.29) is 39.9 Å². The Morgan fingerprint density at radius 2 is 1.61 bits per heavy atom. The summed E-state index contributed by atoms with van der Waals surface area (Å²) in [5.74, 6) is -1.14. The average Bonchev–Trinajstić information content (AvgIpc) is 2.48. The van der Waals surface area contributed by atoms with Gasteiger partial charge in [-0.25, -0.2) is 0 Å². The summed E-state index contributed by atoms with van der Waals surface area (Å²) < 4.78 is 10.6. The van der Waals surface area contributed by atoms with Crippen molar-refractivity contribution in [3.63, 3.8) is 0 Å². The molecule has 1 aliphatic rings. The molecule has 4 N–H and O–H groups in total. The largest absolute Gasteiger partial charge is 0.508 e. The number of Topliss-reactive ketones (excluding diaryl/α,β-unsaturated/α-hetero) is 1. The Labute approximate surface area is 131 Å². The number of carbonyl (C=O) groups is 1. The van der Waals surface area contributed by atoms with Crippen LogP contribution in [0.15, 0.2) is 30.3 Å². The van der Waals surface area contributed by atoms with Gasteiger partial charge in [-0.3, -0.25) is 4.79 Å². The number of aliphatic hydroxyl groups is 1. The third kappa shape index (κ3) is 2.51. The first kappa shape index (κ1) is 15.0. The third-order valence-electron chi connectivity index (χ3n) is 3.58. The number of rotatable bonds is 2. The Morgan fingerprint density at radius 3 is 2.22 bits per heavy atom. The SMILES string of the molecule is COc1cc(O)cc2c1C(=O)C(O)C(c1cc(O)cc(O)c1)O2. The molecule has 2 unspecified atom stereocenters. The number of aromatic hydroxyl groups is 3. The van der Waals surface area contributed by atoms with E-state index >= 15 is 0 Å². The van der Waals surface area contributed by atoms with Crippen molar-refractivity contribution in [2.75, 3.05) is 7.11 Å². The Balaban J connectivity index is 2.11. The molecular weight excluding hydrogens is 304 g/mol. The summed E-state index contributed by atoms with van der Waals surface area (Å²) in [7, 11) is 1.33. The summed E-state index contributed by atoms with van der Waals surface area (Å²) in [5.41, 5.74) is 0.245. The van der Waals surface area contributed by atoms with Crippen LogP contribution in [0, 0.1) is 0 Å². The van der Waals surface area contributed by atoms with Crippen LogP contribution in [0.2, 0.25) is 0 Å². The summed E-state index contributed by atoms with van der Waals surface area (Å²) in [5, 5.41) is 39.0. The van der Waals surface area contributed by atoms with Gasteiger partial charge < -0.3 is 29.9 Å². The van der Waals surface area contributed by atoms with Crippen LogP contribution >= 0.6 is 0 Å². The van der Waals surface area contributed by atoms with Gasteiger partial charge in [0.25, 0.3) is 0 Å². The van der Waals surface area contributed by atoms with Gasteiger partial charge in [-0.1, -0.05) is 0 Å². The van der Waals surface area contributed by atoms with Gasteiger partial charge in [0, 0.05) is 23.8 Å². The molecule has 0 bridgehead atoms. The minimum Gasteiger partial charge on any atom is -0.508 e. The van der Waals surface area contributed by atoms with E-state index in [0.717, 1.165) is 6.07 Å². The smallest absolute Gasteiger partial charge is 0.202 e. The molecule has 1 aliphatic heterocycles. The van der Waals surface area contributed by atoms with Crippen molar-refractivity contribution >= 4 is 5.78 Å². The first-order valence-corrected chi connectivity index (χ1v) is 6.73. The number of phenolic OH excluding ortho intramolecular Hbond substituents is 3. The van der Waals surface area contributed by atoms with E-state index in [4.69, 9.17) is 9.47 Å². The quantitative estimate of drug-likeness (QED) is 0.663. The second-order valence-corrected chi connectivity index (χ2v) is 5.15. The normalized spacial score (nSPS) is 19.8. The number of hydrogen-bond donors (Lipinski definition) is 4. The molecule has 3 rings (SSSR count). The highest BCUT2D eigenvalue weighted by Gasteiger charge is 2.39. The first-order chi connectivity index (χ1) is 10.9. The minimum atomic E-state index is -1.55. The predicted molar refractivity (Wildman–Crippen MR) is 78.1 cm³/mol. The fraction of sp³-hybridized carbons (Fsp3) is 0.188.